The lowest BCUT2D eigenvalue weighted by Crippen LogP contribution is -2.34. The Kier molecular flexibility index (Phi) is 5.65. The summed E-state index contributed by atoms with van der Waals surface area (Å²) in [6, 6.07) is 7.51. The third kappa shape index (κ3) is 4.13. The Balaban J connectivity index is 1.55. The van der Waals surface area contributed by atoms with Gasteiger partial charge in [-0.2, -0.15) is 5.10 Å². The Morgan fingerprint density at radius 3 is 2.80 bits per heavy atom. The molecule has 0 saturated heterocycles. The average Bonchev–Trinajstić information content (AvgIpc) is 3.16. The number of ether oxygens (including phenoxy) is 3. The topological polar surface area (TPSA) is 82.9 Å². The van der Waals surface area contributed by atoms with Crippen LogP contribution in [0.2, 0.25) is 0 Å². The Bertz CT molecular complexity index is 954. The smallest absolute Gasteiger partial charge is 0.309 e. The number of carbonyl (C=O) groups excluding carboxylic acids is 2. The van der Waals surface area contributed by atoms with E-state index in [2.05, 4.69) is 5.10 Å². The summed E-state index contributed by atoms with van der Waals surface area (Å²) >= 11 is 0. The van der Waals surface area contributed by atoms with E-state index >= 15 is 0 Å². The van der Waals surface area contributed by atoms with Crippen molar-refractivity contribution in [2.75, 3.05) is 19.9 Å². The normalized spacial score (nSPS) is 18.9. The first-order valence-corrected chi connectivity index (χ1v) is 10.4. The standard InChI is InChI=1S/C22H27N3O5/c1-4-25-18(8-14(3)23-25)21(26)24(12-16-10-17(16)22(27)28-5-2)11-15-6-7-19-20(9-15)30-13-29-19/h6-9,16-17H,4-5,10-13H2,1-3H3/t16-,17-/m1/s1. The second-order valence-electron chi connectivity index (χ2n) is 7.71. The van der Waals surface area contributed by atoms with Gasteiger partial charge in [-0.05, 0) is 56.9 Å². The highest BCUT2D eigenvalue weighted by Crippen LogP contribution is 2.41. The highest BCUT2D eigenvalue weighted by atomic mass is 16.7. The van der Waals surface area contributed by atoms with Crippen LogP contribution in [0.15, 0.2) is 24.3 Å². The highest BCUT2D eigenvalue weighted by molar-refractivity contribution is 5.93. The number of benzene rings is 1. The maximum absolute atomic E-state index is 13.4. The molecule has 0 bridgehead atoms. The van der Waals surface area contributed by atoms with Crippen molar-refractivity contribution in [3.05, 3.63) is 41.2 Å². The monoisotopic (exact) mass is 413 g/mol. The number of fused-ring (bicyclic) bond motifs is 1. The molecule has 0 N–H and O–H groups in total. The number of carbonyl (C=O) groups is 2. The molecule has 1 aromatic heterocycles. The van der Waals surface area contributed by atoms with Crippen LogP contribution in [-0.2, 0) is 22.6 Å². The summed E-state index contributed by atoms with van der Waals surface area (Å²) in [5.41, 5.74) is 2.31. The molecule has 1 aliphatic carbocycles. The molecule has 2 heterocycles. The molecule has 1 aliphatic heterocycles. The largest absolute Gasteiger partial charge is 0.466 e. The molecule has 8 nitrogen and oxygen atoms in total. The number of aryl methyl sites for hydroxylation is 2. The predicted molar refractivity (Wildman–Crippen MR) is 108 cm³/mol. The van der Waals surface area contributed by atoms with Crippen molar-refractivity contribution in [2.45, 2.75) is 40.3 Å². The van der Waals surface area contributed by atoms with Crippen molar-refractivity contribution in [1.82, 2.24) is 14.7 Å². The molecule has 2 atom stereocenters. The van der Waals surface area contributed by atoms with Crippen molar-refractivity contribution in [1.29, 1.82) is 0 Å². The van der Waals surface area contributed by atoms with Crippen LogP contribution < -0.4 is 9.47 Å². The minimum atomic E-state index is -0.174. The van der Waals surface area contributed by atoms with Crippen LogP contribution in [-0.4, -0.2) is 46.5 Å². The zero-order chi connectivity index (χ0) is 21.3. The van der Waals surface area contributed by atoms with Crippen molar-refractivity contribution in [2.24, 2.45) is 11.8 Å². The first-order valence-electron chi connectivity index (χ1n) is 10.4. The minimum absolute atomic E-state index is 0.0929. The van der Waals surface area contributed by atoms with Crippen LogP contribution in [0.5, 0.6) is 11.5 Å². The number of hydrogen-bond acceptors (Lipinski definition) is 6. The van der Waals surface area contributed by atoms with Crippen molar-refractivity contribution < 1.29 is 23.8 Å². The van der Waals surface area contributed by atoms with Crippen LogP contribution in [0.1, 0.15) is 42.0 Å². The van der Waals surface area contributed by atoms with Crippen molar-refractivity contribution >= 4 is 11.9 Å². The third-order valence-corrected chi connectivity index (χ3v) is 5.49. The lowest BCUT2D eigenvalue weighted by atomic mass is 10.1. The molecule has 30 heavy (non-hydrogen) atoms. The number of rotatable bonds is 8. The zero-order valence-corrected chi connectivity index (χ0v) is 17.6. The van der Waals surface area contributed by atoms with E-state index in [0.717, 1.165) is 17.7 Å². The SMILES string of the molecule is CCOC(=O)[C@@H]1C[C@@H]1CN(Cc1ccc2c(c1)OCO2)C(=O)c1cc(C)nn1CC. The quantitative estimate of drug-likeness (QED) is 0.619. The van der Waals surface area contributed by atoms with E-state index in [1.807, 2.05) is 38.1 Å². The Hall–Kier alpha value is -3.03. The summed E-state index contributed by atoms with van der Waals surface area (Å²) in [6.07, 6.45) is 0.746. The van der Waals surface area contributed by atoms with Gasteiger partial charge < -0.3 is 19.1 Å². The molecule has 8 heteroatoms. The Morgan fingerprint density at radius 1 is 1.23 bits per heavy atom. The van der Waals surface area contributed by atoms with Crippen LogP contribution in [0.25, 0.3) is 0 Å². The maximum atomic E-state index is 13.4. The molecule has 0 unspecified atom stereocenters. The fourth-order valence-corrected chi connectivity index (χ4v) is 3.87. The first kappa shape index (κ1) is 20.3. The molecule has 1 fully saturated rings. The van der Waals surface area contributed by atoms with Gasteiger partial charge >= 0.3 is 5.97 Å². The van der Waals surface area contributed by atoms with Crippen LogP contribution in [0.4, 0.5) is 0 Å². The van der Waals surface area contributed by atoms with Crippen molar-refractivity contribution in [3.63, 3.8) is 0 Å². The second-order valence-corrected chi connectivity index (χ2v) is 7.71. The summed E-state index contributed by atoms with van der Waals surface area (Å²) < 4.78 is 17.7. The van der Waals surface area contributed by atoms with Crippen LogP contribution in [0, 0.1) is 18.8 Å². The van der Waals surface area contributed by atoms with E-state index in [-0.39, 0.29) is 30.5 Å². The summed E-state index contributed by atoms with van der Waals surface area (Å²) in [7, 11) is 0. The van der Waals surface area contributed by atoms with Crippen molar-refractivity contribution in [3.8, 4) is 11.5 Å². The van der Waals surface area contributed by atoms with Gasteiger partial charge in [-0.1, -0.05) is 6.07 Å². The summed E-state index contributed by atoms with van der Waals surface area (Å²) in [5.74, 6) is 1.11. The molecule has 2 aliphatic rings. The molecule has 2 aromatic rings. The van der Waals surface area contributed by atoms with Gasteiger partial charge in [-0.3, -0.25) is 14.3 Å². The van der Waals surface area contributed by atoms with Crippen LogP contribution >= 0.6 is 0 Å². The molecular weight excluding hydrogens is 386 g/mol. The highest BCUT2D eigenvalue weighted by Gasteiger charge is 2.45. The molecular formula is C22H27N3O5. The van der Waals surface area contributed by atoms with Gasteiger partial charge in [0.25, 0.3) is 5.91 Å². The zero-order valence-electron chi connectivity index (χ0n) is 17.6. The maximum Gasteiger partial charge on any atom is 0.309 e. The number of esters is 1. The number of hydrogen-bond donors (Lipinski definition) is 0. The van der Waals surface area contributed by atoms with Crippen LogP contribution in [0.3, 0.4) is 0 Å². The lowest BCUT2D eigenvalue weighted by Gasteiger charge is -2.23. The van der Waals surface area contributed by atoms with E-state index in [1.165, 1.54) is 0 Å². The number of aromatic nitrogens is 2. The third-order valence-electron chi connectivity index (χ3n) is 5.49. The molecule has 0 radical (unpaired) electrons. The Labute approximate surface area is 175 Å². The number of amides is 1. The van der Waals surface area contributed by atoms with E-state index in [9.17, 15) is 9.59 Å². The van der Waals surface area contributed by atoms with Gasteiger partial charge in [0, 0.05) is 19.6 Å². The average molecular weight is 413 g/mol. The molecule has 1 aromatic carbocycles. The predicted octanol–water partition coefficient (Wildman–Crippen LogP) is 2.78. The summed E-state index contributed by atoms with van der Waals surface area (Å²) in [6.45, 7) is 7.74. The van der Waals surface area contributed by atoms with Gasteiger partial charge in [-0.15, -0.1) is 0 Å². The van der Waals surface area contributed by atoms with E-state index in [4.69, 9.17) is 14.2 Å². The fourth-order valence-electron chi connectivity index (χ4n) is 3.87. The minimum Gasteiger partial charge on any atom is -0.466 e. The van der Waals surface area contributed by atoms with Gasteiger partial charge in [0.2, 0.25) is 6.79 Å². The Morgan fingerprint density at radius 2 is 2.03 bits per heavy atom. The first-order chi connectivity index (χ1) is 14.5. The fraction of sp³-hybridized carbons (Fsp3) is 0.500. The van der Waals surface area contributed by atoms with Gasteiger partial charge in [0.15, 0.2) is 11.5 Å². The van der Waals surface area contributed by atoms with E-state index in [1.54, 1.807) is 16.5 Å². The van der Waals surface area contributed by atoms with Gasteiger partial charge in [0.1, 0.15) is 5.69 Å². The van der Waals surface area contributed by atoms with E-state index in [0.29, 0.717) is 43.4 Å². The van der Waals surface area contributed by atoms with Gasteiger partial charge in [-0.25, -0.2) is 0 Å². The molecule has 160 valence electrons. The second kappa shape index (κ2) is 8.38. The van der Waals surface area contributed by atoms with Gasteiger partial charge in [0.05, 0.1) is 18.2 Å². The molecule has 1 amide bonds. The molecule has 1 saturated carbocycles. The summed E-state index contributed by atoms with van der Waals surface area (Å²) in [5, 5.41) is 4.41. The molecule has 4 rings (SSSR count). The number of nitrogens with zero attached hydrogens (tertiary/aromatic N) is 3. The lowest BCUT2D eigenvalue weighted by molar-refractivity contribution is -0.145. The van der Waals surface area contributed by atoms with E-state index < -0.39 is 0 Å². The summed E-state index contributed by atoms with van der Waals surface area (Å²) in [4.78, 5) is 27.3. The molecule has 0 spiro atoms.